The van der Waals surface area contributed by atoms with Gasteiger partial charge in [0.1, 0.15) is 0 Å². The van der Waals surface area contributed by atoms with Crippen molar-refractivity contribution in [2.24, 2.45) is 0 Å². The topological polar surface area (TPSA) is 6.48 Å². The van der Waals surface area contributed by atoms with Crippen LogP contribution < -0.4 is 0 Å². The molecule has 2 nitrogen and oxygen atoms in total. The molecule has 146 valence electrons. The maximum Gasteiger partial charge on any atom is 0.0179 e. The smallest absolute Gasteiger partial charge is 0.0179 e. The molecule has 0 aromatic heterocycles. The fraction of sp³-hybridized carbons (Fsp3) is 0.913. The summed E-state index contributed by atoms with van der Waals surface area (Å²) < 4.78 is 0. The first-order chi connectivity index (χ1) is 12.2. The van der Waals surface area contributed by atoms with Crippen molar-refractivity contribution in [2.75, 3.05) is 26.2 Å². The summed E-state index contributed by atoms with van der Waals surface area (Å²) in [4.78, 5) is 5.64. The number of allylic oxidation sites excluding steroid dienone is 2. The summed E-state index contributed by atoms with van der Waals surface area (Å²) in [6, 6.07) is 0.842. The monoisotopic (exact) mass is 348 g/mol. The second-order valence-electron chi connectivity index (χ2n) is 8.67. The van der Waals surface area contributed by atoms with Crippen molar-refractivity contribution in [3.63, 3.8) is 0 Å². The van der Waals surface area contributed by atoms with Crippen molar-refractivity contribution in [2.45, 2.75) is 109 Å². The predicted molar refractivity (Wildman–Crippen MR) is 111 cm³/mol. The van der Waals surface area contributed by atoms with Crippen LogP contribution in [0.3, 0.4) is 0 Å². The molecule has 0 aromatic rings. The molecule has 1 saturated heterocycles. The lowest BCUT2D eigenvalue weighted by molar-refractivity contribution is 0.0144. The molecule has 2 unspecified atom stereocenters. The molecule has 2 aliphatic rings. The highest BCUT2D eigenvalue weighted by Crippen LogP contribution is 2.29. The van der Waals surface area contributed by atoms with Gasteiger partial charge in [-0.3, -0.25) is 9.80 Å². The first-order valence-corrected chi connectivity index (χ1v) is 11.3. The Bertz CT molecular complexity index is 370. The van der Waals surface area contributed by atoms with Gasteiger partial charge in [-0.15, -0.1) is 0 Å². The minimum absolute atomic E-state index is 0.433. The second-order valence-corrected chi connectivity index (χ2v) is 8.67. The van der Waals surface area contributed by atoms with Gasteiger partial charge in [-0.25, -0.2) is 0 Å². The molecule has 1 aliphatic carbocycles. The summed E-state index contributed by atoms with van der Waals surface area (Å²) in [6.45, 7) is 12.4. The fourth-order valence-corrected chi connectivity index (χ4v) is 4.80. The Balaban J connectivity index is 1.77. The summed E-state index contributed by atoms with van der Waals surface area (Å²) in [5.41, 5.74) is 0.433. The molecular weight excluding hydrogens is 304 g/mol. The molecule has 0 bridgehead atoms. The first kappa shape index (κ1) is 21.0. The fourth-order valence-electron chi connectivity index (χ4n) is 4.80. The van der Waals surface area contributed by atoms with Gasteiger partial charge in [-0.05, 0) is 51.9 Å². The molecular formula is C23H44N2. The molecule has 0 radical (unpaired) electrons. The second kappa shape index (κ2) is 11.4. The van der Waals surface area contributed by atoms with Crippen LogP contribution in [0.2, 0.25) is 0 Å². The molecule has 1 aliphatic heterocycles. The van der Waals surface area contributed by atoms with Crippen LogP contribution in [0.5, 0.6) is 0 Å². The van der Waals surface area contributed by atoms with Crippen LogP contribution in [0.15, 0.2) is 12.2 Å². The Morgan fingerprint density at radius 3 is 2.32 bits per heavy atom. The lowest BCUT2D eigenvalue weighted by Crippen LogP contribution is -2.57. The van der Waals surface area contributed by atoms with E-state index in [0.717, 1.165) is 6.04 Å². The third kappa shape index (κ3) is 6.71. The van der Waals surface area contributed by atoms with Crippen molar-refractivity contribution >= 4 is 0 Å². The molecule has 2 heteroatoms. The summed E-state index contributed by atoms with van der Waals surface area (Å²) in [5, 5.41) is 0. The Labute approximate surface area is 158 Å². The molecule has 0 saturated carbocycles. The normalized spacial score (nSPS) is 27.4. The van der Waals surface area contributed by atoms with Crippen molar-refractivity contribution in [3.8, 4) is 0 Å². The Kier molecular flexibility index (Phi) is 9.55. The van der Waals surface area contributed by atoms with Gasteiger partial charge in [-0.1, -0.05) is 58.1 Å². The zero-order valence-corrected chi connectivity index (χ0v) is 17.4. The van der Waals surface area contributed by atoms with Crippen molar-refractivity contribution < 1.29 is 0 Å². The van der Waals surface area contributed by atoms with Crippen LogP contribution in [0, 0.1) is 0 Å². The van der Waals surface area contributed by atoms with Crippen LogP contribution in [0.25, 0.3) is 0 Å². The number of nitrogens with zero attached hydrogens (tertiary/aromatic N) is 2. The van der Waals surface area contributed by atoms with Crippen LogP contribution in [0.4, 0.5) is 0 Å². The first-order valence-electron chi connectivity index (χ1n) is 11.3. The highest BCUT2D eigenvalue weighted by Gasteiger charge is 2.33. The standard InChI is InChI=1S/C23H44N2/c1-4-6-7-11-14-17-23(3,5-2)25-20-18-24(19-21-25)22-15-12-9-8-10-13-16-22/h8-9,22H,4-7,10-21H2,1-3H3/b9-8-. The van der Waals surface area contributed by atoms with Gasteiger partial charge in [0.25, 0.3) is 0 Å². The van der Waals surface area contributed by atoms with Gasteiger partial charge >= 0.3 is 0 Å². The molecule has 1 fully saturated rings. The van der Waals surface area contributed by atoms with E-state index in [1.54, 1.807) is 0 Å². The summed E-state index contributed by atoms with van der Waals surface area (Å²) >= 11 is 0. The van der Waals surface area contributed by atoms with Gasteiger partial charge in [0, 0.05) is 37.8 Å². The highest BCUT2D eigenvalue weighted by atomic mass is 15.3. The average molecular weight is 349 g/mol. The van der Waals surface area contributed by atoms with E-state index < -0.39 is 0 Å². The third-order valence-electron chi connectivity index (χ3n) is 6.92. The Morgan fingerprint density at radius 1 is 0.880 bits per heavy atom. The number of piperazine rings is 1. The van der Waals surface area contributed by atoms with Crippen molar-refractivity contribution in [1.29, 1.82) is 0 Å². The molecule has 0 aromatic carbocycles. The van der Waals surface area contributed by atoms with Gasteiger partial charge in [0.05, 0.1) is 0 Å². The molecule has 0 spiro atoms. The van der Waals surface area contributed by atoms with Crippen LogP contribution in [-0.4, -0.2) is 47.6 Å². The number of hydrogen-bond donors (Lipinski definition) is 0. The minimum Gasteiger partial charge on any atom is -0.298 e. The van der Waals surface area contributed by atoms with E-state index in [1.165, 1.54) is 103 Å². The molecule has 0 N–H and O–H groups in total. The summed E-state index contributed by atoms with van der Waals surface area (Å²) in [5.74, 6) is 0. The molecule has 2 rings (SSSR count). The zero-order valence-electron chi connectivity index (χ0n) is 17.4. The van der Waals surface area contributed by atoms with E-state index in [1.807, 2.05) is 0 Å². The maximum absolute atomic E-state index is 2.83. The molecule has 1 heterocycles. The van der Waals surface area contributed by atoms with Crippen LogP contribution in [-0.2, 0) is 0 Å². The van der Waals surface area contributed by atoms with E-state index in [0.29, 0.717) is 5.54 Å². The van der Waals surface area contributed by atoms with E-state index in [9.17, 15) is 0 Å². The molecule has 2 atom stereocenters. The van der Waals surface area contributed by atoms with Crippen molar-refractivity contribution in [1.82, 2.24) is 9.80 Å². The number of unbranched alkanes of at least 4 members (excludes halogenated alkanes) is 4. The summed E-state index contributed by atoms with van der Waals surface area (Å²) in [7, 11) is 0. The quantitative estimate of drug-likeness (QED) is 0.371. The maximum atomic E-state index is 2.83. The predicted octanol–water partition coefficient (Wildman–Crippen LogP) is 6.02. The molecule has 0 amide bonds. The number of rotatable bonds is 9. The van der Waals surface area contributed by atoms with Gasteiger partial charge < -0.3 is 0 Å². The Morgan fingerprint density at radius 2 is 1.60 bits per heavy atom. The van der Waals surface area contributed by atoms with Crippen LogP contribution >= 0.6 is 0 Å². The van der Waals surface area contributed by atoms with Gasteiger partial charge in [0.2, 0.25) is 0 Å². The van der Waals surface area contributed by atoms with E-state index >= 15 is 0 Å². The zero-order chi connectivity index (χ0) is 18.0. The SMILES string of the molecule is CCCCCCCC(C)(CC)N1CCN(C2CC/C=C\CCC2)CC1. The minimum atomic E-state index is 0.433. The average Bonchev–Trinajstić information content (AvgIpc) is 2.61. The van der Waals surface area contributed by atoms with E-state index in [2.05, 4.69) is 42.7 Å². The van der Waals surface area contributed by atoms with Crippen LogP contribution in [0.1, 0.15) is 97.8 Å². The van der Waals surface area contributed by atoms with Crippen molar-refractivity contribution in [3.05, 3.63) is 12.2 Å². The lowest BCUT2D eigenvalue weighted by Gasteiger charge is -2.47. The van der Waals surface area contributed by atoms with E-state index in [4.69, 9.17) is 0 Å². The Hall–Kier alpha value is -0.340. The number of hydrogen-bond acceptors (Lipinski definition) is 2. The largest absolute Gasteiger partial charge is 0.298 e. The third-order valence-corrected chi connectivity index (χ3v) is 6.92. The lowest BCUT2D eigenvalue weighted by atomic mass is 9.88. The van der Waals surface area contributed by atoms with Gasteiger partial charge in [0.15, 0.2) is 0 Å². The molecule has 25 heavy (non-hydrogen) atoms. The van der Waals surface area contributed by atoms with E-state index in [-0.39, 0.29) is 0 Å². The highest BCUT2D eigenvalue weighted by molar-refractivity contribution is 4.92. The summed E-state index contributed by atoms with van der Waals surface area (Å²) in [6.07, 6.45) is 21.3. The van der Waals surface area contributed by atoms with Gasteiger partial charge in [-0.2, -0.15) is 0 Å².